The summed E-state index contributed by atoms with van der Waals surface area (Å²) in [5, 5.41) is 12.3. The van der Waals surface area contributed by atoms with E-state index in [-0.39, 0.29) is 18.1 Å². The van der Waals surface area contributed by atoms with Gasteiger partial charge in [-0.05, 0) is 13.0 Å². The molecule has 1 fully saturated rings. The lowest BCUT2D eigenvalue weighted by Crippen LogP contribution is -2.76. The van der Waals surface area contributed by atoms with Crippen LogP contribution in [0.15, 0.2) is 18.3 Å². The fraction of sp³-hybridized carbons (Fsp3) is 0.562. The number of amides is 1. The molecule has 0 saturated heterocycles. The molecule has 126 valence electrons. The van der Waals surface area contributed by atoms with Gasteiger partial charge in [0.25, 0.3) is 5.91 Å². The highest BCUT2D eigenvalue weighted by molar-refractivity contribution is 5.98. The zero-order valence-corrected chi connectivity index (χ0v) is 13.8. The molecule has 2 N–H and O–H groups in total. The smallest absolute Gasteiger partial charge is 0.330 e. The highest BCUT2D eigenvalue weighted by atomic mass is 16.5. The monoisotopic (exact) mass is 322 g/mol. The Labute approximate surface area is 135 Å². The van der Waals surface area contributed by atoms with E-state index in [2.05, 4.69) is 10.3 Å². The van der Waals surface area contributed by atoms with Crippen LogP contribution in [0.5, 0.6) is 5.88 Å². The number of carboxylic acids is 1. The molecular weight excluding hydrogens is 300 g/mol. The molecule has 2 unspecified atom stereocenters. The second kappa shape index (κ2) is 6.16. The Bertz CT molecular complexity index is 599. The van der Waals surface area contributed by atoms with Crippen LogP contribution in [-0.2, 0) is 9.53 Å². The first kappa shape index (κ1) is 17.2. The van der Waals surface area contributed by atoms with Crippen molar-refractivity contribution < 1.29 is 24.2 Å². The van der Waals surface area contributed by atoms with Gasteiger partial charge in [-0.1, -0.05) is 13.8 Å². The molecule has 0 radical (unpaired) electrons. The third-order valence-corrected chi connectivity index (χ3v) is 4.66. The van der Waals surface area contributed by atoms with Crippen molar-refractivity contribution >= 4 is 11.9 Å². The molecule has 1 saturated carbocycles. The molecular formula is C16H22N2O5. The summed E-state index contributed by atoms with van der Waals surface area (Å²) in [6.07, 6.45) is 1.38. The van der Waals surface area contributed by atoms with E-state index in [4.69, 9.17) is 9.47 Å². The lowest BCUT2D eigenvalue weighted by Gasteiger charge is -2.58. The summed E-state index contributed by atoms with van der Waals surface area (Å²) in [4.78, 5) is 28.2. The Morgan fingerprint density at radius 2 is 2.13 bits per heavy atom. The van der Waals surface area contributed by atoms with Crippen LogP contribution in [0, 0.1) is 5.41 Å². The molecule has 1 aromatic rings. The van der Waals surface area contributed by atoms with Crippen LogP contribution in [0.25, 0.3) is 0 Å². The van der Waals surface area contributed by atoms with E-state index in [0.29, 0.717) is 12.5 Å². The first-order chi connectivity index (χ1) is 10.8. The van der Waals surface area contributed by atoms with Crippen LogP contribution in [0.3, 0.4) is 0 Å². The highest BCUT2D eigenvalue weighted by Crippen LogP contribution is 2.51. The van der Waals surface area contributed by atoms with Crippen molar-refractivity contribution in [3.63, 3.8) is 0 Å². The summed E-state index contributed by atoms with van der Waals surface area (Å²) in [5.41, 5.74) is -1.80. The van der Waals surface area contributed by atoms with Crippen LogP contribution in [-0.4, -0.2) is 47.3 Å². The van der Waals surface area contributed by atoms with Gasteiger partial charge in [0, 0.05) is 30.7 Å². The van der Waals surface area contributed by atoms with E-state index in [1.54, 1.807) is 26.0 Å². The van der Waals surface area contributed by atoms with Gasteiger partial charge in [-0.15, -0.1) is 0 Å². The van der Waals surface area contributed by atoms with Gasteiger partial charge in [-0.3, -0.25) is 4.79 Å². The largest absolute Gasteiger partial charge is 0.481 e. The van der Waals surface area contributed by atoms with Crippen molar-refractivity contribution in [1.82, 2.24) is 10.3 Å². The summed E-state index contributed by atoms with van der Waals surface area (Å²) in [6.45, 7) is 5.94. The quantitative estimate of drug-likeness (QED) is 0.823. The van der Waals surface area contributed by atoms with Crippen molar-refractivity contribution in [3.8, 4) is 5.88 Å². The zero-order chi connectivity index (χ0) is 17.3. The van der Waals surface area contributed by atoms with Crippen LogP contribution in [0.1, 0.15) is 37.6 Å². The summed E-state index contributed by atoms with van der Waals surface area (Å²) < 4.78 is 10.5. The summed E-state index contributed by atoms with van der Waals surface area (Å²) >= 11 is 0. The molecule has 2 rings (SSSR count). The number of nitrogens with one attached hydrogen (secondary N) is 1. The molecule has 1 heterocycles. The molecule has 7 heteroatoms. The van der Waals surface area contributed by atoms with E-state index in [1.165, 1.54) is 13.3 Å². The van der Waals surface area contributed by atoms with Gasteiger partial charge in [-0.25, -0.2) is 9.78 Å². The summed E-state index contributed by atoms with van der Waals surface area (Å²) in [7, 11) is 1.48. The number of hydrogen-bond donors (Lipinski definition) is 2. The van der Waals surface area contributed by atoms with Crippen LogP contribution in [0.4, 0.5) is 0 Å². The second-order valence-corrected chi connectivity index (χ2v) is 6.12. The van der Waals surface area contributed by atoms with Gasteiger partial charge in [0.2, 0.25) is 5.88 Å². The first-order valence-corrected chi connectivity index (χ1v) is 7.46. The van der Waals surface area contributed by atoms with E-state index >= 15 is 0 Å². The second-order valence-electron chi connectivity index (χ2n) is 6.12. The van der Waals surface area contributed by atoms with Gasteiger partial charge in [0.1, 0.15) is 5.54 Å². The fourth-order valence-corrected chi connectivity index (χ4v) is 2.94. The fourth-order valence-electron chi connectivity index (χ4n) is 2.94. The summed E-state index contributed by atoms with van der Waals surface area (Å²) in [6, 6.07) is 3.10. The van der Waals surface area contributed by atoms with E-state index < -0.39 is 22.8 Å². The molecule has 0 bridgehead atoms. The third kappa shape index (κ3) is 2.76. The number of aromatic nitrogens is 1. The minimum absolute atomic E-state index is 0.210. The van der Waals surface area contributed by atoms with Crippen molar-refractivity contribution in [2.75, 3.05) is 13.7 Å². The molecule has 1 aliphatic rings. The standard InChI is InChI=1S/C16H22N2O5/c1-5-23-11-8-16(14(20)21,15(11,2)3)18-13(19)10-6-7-12(22-4)17-9-10/h6-7,9,11H,5,8H2,1-4H3,(H,18,19)(H,20,21). The van der Waals surface area contributed by atoms with Gasteiger partial charge in [0.05, 0.1) is 18.8 Å². The Kier molecular flexibility index (Phi) is 4.61. The Balaban J connectivity index is 2.20. The van der Waals surface area contributed by atoms with Gasteiger partial charge in [0.15, 0.2) is 0 Å². The van der Waals surface area contributed by atoms with E-state index in [0.717, 1.165) is 0 Å². The summed E-state index contributed by atoms with van der Waals surface area (Å²) in [5.74, 6) is -1.16. The molecule has 1 aromatic heterocycles. The maximum absolute atomic E-state index is 12.4. The van der Waals surface area contributed by atoms with Gasteiger partial charge >= 0.3 is 5.97 Å². The number of carbonyl (C=O) groups excluding carboxylic acids is 1. The van der Waals surface area contributed by atoms with Crippen molar-refractivity contribution in [1.29, 1.82) is 0 Å². The van der Waals surface area contributed by atoms with Crippen LogP contribution in [0.2, 0.25) is 0 Å². The van der Waals surface area contributed by atoms with Gasteiger partial charge < -0.3 is 19.9 Å². The Morgan fingerprint density at radius 3 is 2.57 bits per heavy atom. The molecule has 2 atom stereocenters. The average Bonchev–Trinajstić information content (AvgIpc) is 2.53. The maximum Gasteiger partial charge on any atom is 0.330 e. The lowest BCUT2D eigenvalue weighted by atomic mass is 9.54. The van der Waals surface area contributed by atoms with E-state index in [9.17, 15) is 14.7 Å². The molecule has 0 spiro atoms. The number of rotatable bonds is 6. The maximum atomic E-state index is 12.4. The third-order valence-electron chi connectivity index (χ3n) is 4.66. The zero-order valence-electron chi connectivity index (χ0n) is 13.8. The van der Waals surface area contributed by atoms with Crippen molar-refractivity contribution in [2.24, 2.45) is 5.41 Å². The molecule has 1 amide bonds. The minimum atomic E-state index is -1.36. The number of nitrogens with zero attached hydrogens (tertiary/aromatic N) is 1. The predicted molar refractivity (Wildman–Crippen MR) is 82.4 cm³/mol. The normalized spacial score (nSPS) is 25.3. The number of ether oxygens (including phenoxy) is 2. The number of carboxylic acid groups (broad SMARTS) is 1. The predicted octanol–water partition coefficient (Wildman–Crippen LogP) is 1.48. The lowest BCUT2D eigenvalue weighted by molar-refractivity contribution is -0.190. The minimum Gasteiger partial charge on any atom is -0.481 e. The average molecular weight is 322 g/mol. The Morgan fingerprint density at radius 1 is 1.43 bits per heavy atom. The first-order valence-electron chi connectivity index (χ1n) is 7.46. The Hall–Kier alpha value is -2.15. The van der Waals surface area contributed by atoms with Crippen molar-refractivity contribution in [3.05, 3.63) is 23.9 Å². The number of carbonyl (C=O) groups is 2. The van der Waals surface area contributed by atoms with Crippen LogP contribution >= 0.6 is 0 Å². The molecule has 1 aliphatic carbocycles. The van der Waals surface area contributed by atoms with Gasteiger partial charge in [-0.2, -0.15) is 0 Å². The molecule has 7 nitrogen and oxygen atoms in total. The number of hydrogen-bond acceptors (Lipinski definition) is 5. The molecule has 23 heavy (non-hydrogen) atoms. The van der Waals surface area contributed by atoms with E-state index in [1.807, 2.05) is 6.92 Å². The number of pyridine rings is 1. The molecule has 0 aliphatic heterocycles. The topological polar surface area (TPSA) is 97.8 Å². The highest BCUT2D eigenvalue weighted by Gasteiger charge is 2.66. The number of methoxy groups -OCH3 is 1. The number of aliphatic carboxylic acids is 1. The molecule has 0 aromatic carbocycles. The SMILES string of the molecule is CCOC1CC(NC(=O)c2ccc(OC)nc2)(C(=O)O)C1(C)C. The van der Waals surface area contributed by atoms with Crippen LogP contribution < -0.4 is 10.1 Å². The van der Waals surface area contributed by atoms with Crippen molar-refractivity contribution in [2.45, 2.75) is 38.8 Å².